The number of hydrogen-bond donors (Lipinski definition) is 2. The molecule has 1 aliphatic carbocycles. The second-order valence-corrected chi connectivity index (χ2v) is 9.09. The van der Waals surface area contributed by atoms with Gasteiger partial charge in [0.05, 0.1) is 7.11 Å². The molecule has 2 aromatic carbocycles. The molecule has 0 bridgehead atoms. The first-order valence-corrected chi connectivity index (χ1v) is 11.1. The Morgan fingerprint density at radius 3 is 2.68 bits per heavy atom. The third kappa shape index (κ3) is 4.07. The number of carbonyl (C=O) groups is 1. The van der Waals surface area contributed by atoms with Crippen LogP contribution in [0.1, 0.15) is 54.8 Å². The van der Waals surface area contributed by atoms with Crippen molar-refractivity contribution in [3.05, 3.63) is 59.2 Å². The molecule has 2 aromatic rings. The van der Waals surface area contributed by atoms with E-state index in [9.17, 15) is 4.79 Å². The minimum Gasteiger partial charge on any atom is -0.496 e. The predicted molar refractivity (Wildman–Crippen MR) is 126 cm³/mol. The van der Waals surface area contributed by atoms with Crippen molar-refractivity contribution < 1.29 is 9.53 Å². The van der Waals surface area contributed by atoms with Crippen LogP contribution < -0.4 is 20.3 Å². The maximum absolute atomic E-state index is 12.5. The van der Waals surface area contributed by atoms with Crippen molar-refractivity contribution in [2.75, 3.05) is 19.1 Å². The van der Waals surface area contributed by atoms with Crippen LogP contribution in [0, 0.1) is 5.92 Å². The SMILES string of the molecule is COc1cc2c(cc1CNC1CCC(C)NC1c1ccccc1)N(C)C(=O)[C@@H]1C[C@H]21.Cl. The lowest BCUT2D eigenvalue weighted by atomic mass is 9.89. The Morgan fingerprint density at radius 1 is 1.16 bits per heavy atom. The third-order valence-electron chi connectivity index (χ3n) is 7.12. The summed E-state index contributed by atoms with van der Waals surface area (Å²) in [6.45, 7) is 2.98. The highest BCUT2D eigenvalue weighted by molar-refractivity contribution is 6.01. The fourth-order valence-electron chi connectivity index (χ4n) is 5.27. The highest BCUT2D eigenvalue weighted by Crippen LogP contribution is 2.56. The number of anilines is 1. The van der Waals surface area contributed by atoms with E-state index in [-0.39, 0.29) is 30.3 Å². The standard InChI is InChI=1S/C25H31N3O2.ClH/c1-15-9-10-21(24(27-15)16-7-5-4-6-8-16)26-14-17-11-22-19(13-23(17)30-3)18-12-20(18)25(29)28(22)2;/h4-8,11,13,15,18,20-21,24,26-27H,9-10,12,14H2,1-3H3;1H/t15?,18-,20-,21?,24?;/m1./s1. The van der Waals surface area contributed by atoms with Gasteiger partial charge in [-0.2, -0.15) is 0 Å². The molecule has 31 heavy (non-hydrogen) atoms. The fraction of sp³-hybridized carbons (Fsp3) is 0.480. The highest BCUT2D eigenvalue weighted by atomic mass is 35.5. The lowest BCUT2D eigenvalue weighted by molar-refractivity contribution is -0.119. The lowest BCUT2D eigenvalue weighted by Crippen LogP contribution is -2.49. The van der Waals surface area contributed by atoms with Crippen LogP contribution in [0.2, 0.25) is 0 Å². The first-order valence-electron chi connectivity index (χ1n) is 11.1. The van der Waals surface area contributed by atoms with E-state index in [0.717, 1.165) is 42.8 Å². The second kappa shape index (κ2) is 8.81. The Kier molecular flexibility index (Phi) is 6.29. The molecule has 3 aliphatic rings. The van der Waals surface area contributed by atoms with Gasteiger partial charge in [0.1, 0.15) is 5.75 Å². The summed E-state index contributed by atoms with van der Waals surface area (Å²) in [5.41, 5.74) is 4.74. The molecule has 3 unspecified atom stereocenters. The summed E-state index contributed by atoms with van der Waals surface area (Å²) in [4.78, 5) is 14.3. The topological polar surface area (TPSA) is 53.6 Å². The Morgan fingerprint density at radius 2 is 1.94 bits per heavy atom. The number of ether oxygens (including phenoxy) is 1. The number of amides is 1. The summed E-state index contributed by atoms with van der Waals surface area (Å²) in [7, 11) is 3.64. The van der Waals surface area contributed by atoms with Crippen molar-refractivity contribution in [1.29, 1.82) is 0 Å². The number of benzene rings is 2. The van der Waals surface area contributed by atoms with Crippen LogP contribution in [-0.4, -0.2) is 32.1 Å². The van der Waals surface area contributed by atoms with Gasteiger partial charge in [-0.25, -0.2) is 0 Å². The predicted octanol–water partition coefficient (Wildman–Crippen LogP) is 4.17. The normalized spacial score (nSPS) is 28.9. The molecule has 2 aliphatic heterocycles. The molecule has 166 valence electrons. The average molecular weight is 442 g/mol. The van der Waals surface area contributed by atoms with Gasteiger partial charge in [-0.15, -0.1) is 12.4 Å². The number of methoxy groups -OCH3 is 1. The third-order valence-corrected chi connectivity index (χ3v) is 7.12. The van der Waals surface area contributed by atoms with Gasteiger partial charge in [0.25, 0.3) is 0 Å². The molecule has 0 spiro atoms. The van der Waals surface area contributed by atoms with Crippen LogP contribution in [0.4, 0.5) is 5.69 Å². The van der Waals surface area contributed by atoms with Gasteiger partial charge in [0.15, 0.2) is 0 Å². The van der Waals surface area contributed by atoms with Gasteiger partial charge in [0.2, 0.25) is 5.91 Å². The summed E-state index contributed by atoms with van der Waals surface area (Å²) in [6.07, 6.45) is 3.26. The van der Waals surface area contributed by atoms with Crippen LogP contribution in [0.5, 0.6) is 5.75 Å². The number of carbonyl (C=O) groups excluding carboxylic acids is 1. The molecule has 0 radical (unpaired) electrons. The molecule has 1 saturated carbocycles. The van der Waals surface area contributed by atoms with Gasteiger partial charge in [-0.05, 0) is 55.4 Å². The zero-order chi connectivity index (χ0) is 20.8. The Bertz CT molecular complexity index is 951. The molecule has 1 saturated heterocycles. The zero-order valence-corrected chi connectivity index (χ0v) is 19.2. The minimum atomic E-state index is 0. The second-order valence-electron chi connectivity index (χ2n) is 9.09. The molecule has 5 rings (SSSR count). The maximum Gasteiger partial charge on any atom is 0.230 e. The summed E-state index contributed by atoms with van der Waals surface area (Å²) >= 11 is 0. The van der Waals surface area contributed by atoms with Crippen molar-refractivity contribution in [3.8, 4) is 5.75 Å². The lowest BCUT2D eigenvalue weighted by Gasteiger charge is -2.37. The number of piperidine rings is 1. The van der Waals surface area contributed by atoms with Crippen LogP contribution >= 0.6 is 12.4 Å². The van der Waals surface area contributed by atoms with Crippen molar-refractivity contribution in [1.82, 2.24) is 10.6 Å². The van der Waals surface area contributed by atoms with Gasteiger partial charge < -0.3 is 20.3 Å². The maximum atomic E-state index is 12.5. The average Bonchev–Trinajstić information content (AvgIpc) is 3.58. The van der Waals surface area contributed by atoms with E-state index in [4.69, 9.17) is 4.74 Å². The number of halogens is 1. The molecule has 2 N–H and O–H groups in total. The van der Waals surface area contributed by atoms with Crippen LogP contribution in [0.15, 0.2) is 42.5 Å². The smallest absolute Gasteiger partial charge is 0.230 e. The van der Waals surface area contributed by atoms with Crippen molar-refractivity contribution in [2.24, 2.45) is 5.92 Å². The Hall–Kier alpha value is -2.08. The molecule has 2 fully saturated rings. The summed E-state index contributed by atoms with van der Waals surface area (Å²) in [5, 5.41) is 7.57. The van der Waals surface area contributed by atoms with E-state index in [0.29, 0.717) is 18.0 Å². The van der Waals surface area contributed by atoms with Crippen LogP contribution in [0.25, 0.3) is 0 Å². The minimum absolute atomic E-state index is 0. The fourth-order valence-corrected chi connectivity index (χ4v) is 5.27. The number of nitrogens with one attached hydrogen (secondary N) is 2. The molecule has 2 heterocycles. The summed E-state index contributed by atoms with van der Waals surface area (Å²) in [5.74, 6) is 1.73. The van der Waals surface area contributed by atoms with E-state index in [1.807, 2.05) is 11.9 Å². The quantitative estimate of drug-likeness (QED) is 0.731. The molecular formula is C25H32ClN3O2. The van der Waals surface area contributed by atoms with Gasteiger partial charge >= 0.3 is 0 Å². The van der Waals surface area contributed by atoms with E-state index in [1.165, 1.54) is 11.1 Å². The summed E-state index contributed by atoms with van der Waals surface area (Å²) < 4.78 is 5.75. The number of rotatable bonds is 5. The molecular weight excluding hydrogens is 410 g/mol. The van der Waals surface area contributed by atoms with Crippen molar-refractivity contribution in [3.63, 3.8) is 0 Å². The molecule has 5 atom stereocenters. The highest BCUT2D eigenvalue weighted by Gasteiger charge is 2.50. The van der Waals surface area contributed by atoms with Gasteiger partial charge in [-0.1, -0.05) is 30.3 Å². The van der Waals surface area contributed by atoms with E-state index >= 15 is 0 Å². The van der Waals surface area contributed by atoms with Crippen LogP contribution in [-0.2, 0) is 11.3 Å². The van der Waals surface area contributed by atoms with Crippen molar-refractivity contribution >= 4 is 24.0 Å². The molecule has 0 aromatic heterocycles. The Labute approximate surface area is 191 Å². The van der Waals surface area contributed by atoms with Gasteiger partial charge in [-0.3, -0.25) is 4.79 Å². The zero-order valence-electron chi connectivity index (χ0n) is 18.4. The molecule has 1 amide bonds. The number of hydrogen-bond acceptors (Lipinski definition) is 4. The molecule has 6 heteroatoms. The van der Waals surface area contributed by atoms with E-state index in [2.05, 4.69) is 60.0 Å². The van der Waals surface area contributed by atoms with E-state index < -0.39 is 0 Å². The molecule has 5 nitrogen and oxygen atoms in total. The van der Waals surface area contributed by atoms with Crippen molar-refractivity contribution in [2.45, 2.75) is 56.8 Å². The monoisotopic (exact) mass is 441 g/mol. The first-order chi connectivity index (χ1) is 14.6. The Balaban J connectivity index is 0.00000231. The first kappa shape index (κ1) is 22.1. The summed E-state index contributed by atoms with van der Waals surface area (Å²) in [6, 6.07) is 16.2. The number of nitrogens with zero attached hydrogens (tertiary/aromatic N) is 1. The van der Waals surface area contributed by atoms with E-state index in [1.54, 1.807) is 7.11 Å². The van der Waals surface area contributed by atoms with Gasteiger partial charge in [0, 0.05) is 48.9 Å². The van der Waals surface area contributed by atoms with Crippen LogP contribution in [0.3, 0.4) is 0 Å². The largest absolute Gasteiger partial charge is 0.496 e. The number of fused-ring (bicyclic) bond motifs is 3.